The summed E-state index contributed by atoms with van der Waals surface area (Å²) in [7, 11) is 0. The van der Waals surface area contributed by atoms with Crippen LogP contribution in [0.5, 0.6) is 0 Å². The summed E-state index contributed by atoms with van der Waals surface area (Å²) in [5.74, 6) is -2.13. The average Bonchev–Trinajstić information content (AvgIpc) is 2.87. The number of rotatable bonds is 6. The molecule has 1 aliphatic heterocycles. The second-order valence-electron chi connectivity index (χ2n) is 8.72. The molecule has 1 aromatic rings. The molecule has 0 aliphatic carbocycles. The Balaban J connectivity index is 2.40. The summed E-state index contributed by atoms with van der Waals surface area (Å²) in [6, 6.07) is 2.40. The van der Waals surface area contributed by atoms with Crippen LogP contribution in [-0.2, 0) is 30.5 Å². The number of allylic oxidation sites excluding steroid dienone is 2. The Morgan fingerprint density at radius 2 is 1.95 bits per heavy atom. The van der Waals surface area contributed by atoms with Gasteiger partial charge in [0.15, 0.2) is 5.12 Å². The molecule has 1 aliphatic rings. The number of amides is 3. The Hall–Kier alpha value is -3.12. The van der Waals surface area contributed by atoms with Gasteiger partial charge in [-0.1, -0.05) is 37.8 Å². The molecule has 0 fully saturated rings. The van der Waals surface area contributed by atoms with E-state index in [-0.39, 0.29) is 41.3 Å². The van der Waals surface area contributed by atoms with Crippen molar-refractivity contribution in [1.82, 2.24) is 20.9 Å². The van der Waals surface area contributed by atoms with E-state index in [9.17, 15) is 24.0 Å². The lowest BCUT2D eigenvalue weighted by molar-refractivity contribution is -0.153. The number of carbonyl (C=O) groups is 5. The van der Waals surface area contributed by atoms with Crippen LogP contribution in [0.4, 0.5) is 0 Å². The number of carbonyl (C=O) groups excluding carboxylic acids is 5. The van der Waals surface area contributed by atoms with Crippen LogP contribution in [0.15, 0.2) is 41.0 Å². The molecule has 38 heavy (non-hydrogen) atoms. The molecule has 206 valence electrons. The highest BCUT2D eigenvalue weighted by Crippen LogP contribution is 2.20. The summed E-state index contributed by atoms with van der Waals surface area (Å²) in [6.45, 7) is 6.62. The molecular formula is C26H34N4O6S2. The zero-order chi connectivity index (χ0) is 28.2. The van der Waals surface area contributed by atoms with E-state index in [1.54, 1.807) is 51.3 Å². The zero-order valence-corrected chi connectivity index (χ0v) is 23.8. The van der Waals surface area contributed by atoms with E-state index in [1.165, 1.54) is 36.5 Å². The summed E-state index contributed by atoms with van der Waals surface area (Å²) in [5.41, 5.74) is 0.533. The van der Waals surface area contributed by atoms with Crippen LogP contribution < -0.4 is 16.0 Å². The van der Waals surface area contributed by atoms with Gasteiger partial charge in [0.1, 0.15) is 23.5 Å². The van der Waals surface area contributed by atoms with Crippen molar-refractivity contribution in [2.75, 3.05) is 12.0 Å². The molecule has 0 saturated heterocycles. The van der Waals surface area contributed by atoms with E-state index in [4.69, 9.17) is 4.74 Å². The second kappa shape index (κ2) is 15.3. The standard InChI is InChI=1S/C26H34N4O6S2/c1-6-19-24(33)30-22(15(2)3)26(35)36-18(9-7-8-12-38-16(4)31)13-21(32)27-14-17-10-11-20(37-5)23(28-17)25(34)29-19/h6-7,9-11,15,18,22H,8,12-14H2,1-5H3,(H,27,32)(H,29,34)(H,30,33)/b9-7+,19-6-/t18-,22+/m1/s1. The number of nitrogens with zero attached hydrogens (tertiary/aromatic N) is 1. The number of esters is 1. The lowest BCUT2D eigenvalue weighted by Gasteiger charge is -2.24. The molecule has 3 amide bonds. The fourth-order valence-electron chi connectivity index (χ4n) is 3.41. The minimum atomic E-state index is -1.03. The van der Waals surface area contributed by atoms with Gasteiger partial charge in [-0.05, 0) is 43.7 Å². The molecule has 2 bridgehead atoms. The predicted molar refractivity (Wildman–Crippen MR) is 147 cm³/mol. The highest BCUT2D eigenvalue weighted by Gasteiger charge is 2.30. The van der Waals surface area contributed by atoms with Crippen LogP contribution in [0, 0.1) is 5.92 Å². The largest absolute Gasteiger partial charge is 0.456 e. The van der Waals surface area contributed by atoms with Gasteiger partial charge in [0.2, 0.25) is 5.91 Å². The number of pyridine rings is 1. The molecule has 0 spiro atoms. The molecule has 0 saturated carbocycles. The number of thioether (sulfide) groups is 2. The van der Waals surface area contributed by atoms with Crippen LogP contribution in [0.1, 0.15) is 56.7 Å². The lowest BCUT2D eigenvalue weighted by atomic mass is 10.0. The van der Waals surface area contributed by atoms with Gasteiger partial charge in [-0.15, -0.1) is 11.8 Å². The van der Waals surface area contributed by atoms with Crippen molar-refractivity contribution in [2.45, 2.75) is 64.1 Å². The van der Waals surface area contributed by atoms with Crippen molar-refractivity contribution in [2.24, 2.45) is 5.92 Å². The SMILES string of the molecule is C/C=C1\NC(=O)c2nc(ccc2SC)CNC(=O)C[C@@H](/C=C/CCSC(C)=O)OC(=O)[C@H](C(C)C)NC1=O. The van der Waals surface area contributed by atoms with Gasteiger partial charge < -0.3 is 20.7 Å². The van der Waals surface area contributed by atoms with Crippen molar-refractivity contribution < 1.29 is 28.7 Å². The smallest absolute Gasteiger partial charge is 0.329 e. The van der Waals surface area contributed by atoms with Crippen LogP contribution in [-0.4, -0.2) is 57.9 Å². The minimum Gasteiger partial charge on any atom is -0.456 e. The number of nitrogens with one attached hydrogen (secondary N) is 3. The summed E-state index contributed by atoms with van der Waals surface area (Å²) >= 11 is 2.50. The van der Waals surface area contributed by atoms with Gasteiger partial charge in [-0.2, -0.15) is 0 Å². The molecule has 12 heteroatoms. The number of hydrogen-bond acceptors (Lipinski definition) is 9. The van der Waals surface area contributed by atoms with Gasteiger partial charge in [0.05, 0.1) is 18.7 Å². The zero-order valence-electron chi connectivity index (χ0n) is 22.2. The summed E-state index contributed by atoms with van der Waals surface area (Å²) in [4.78, 5) is 68.0. The Labute approximate surface area is 231 Å². The topological polar surface area (TPSA) is 144 Å². The first-order valence-electron chi connectivity index (χ1n) is 12.1. The molecule has 10 nitrogen and oxygen atoms in total. The number of ether oxygens (including phenoxy) is 1. The molecule has 3 N–H and O–H groups in total. The van der Waals surface area contributed by atoms with E-state index < -0.39 is 29.9 Å². The third kappa shape index (κ3) is 9.64. The van der Waals surface area contributed by atoms with Crippen molar-refractivity contribution in [3.05, 3.63) is 47.4 Å². The minimum absolute atomic E-state index is 0.00319. The molecule has 2 heterocycles. The third-order valence-electron chi connectivity index (χ3n) is 5.40. The maximum atomic E-state index is 13.1. The van der Waals surface area contributed by atoms with Gasteiger partial charge >= 0.3 is 5.97 Å². The van der Waals surface area contributed by atoms with Gasteiger partial charge in [-0.3, -0.25) is 19.2 Å². The Bertz CT molecular complexity index is 1120. The molecule has 0 unspecified atom stereocenters. The van der Waals surface area contributed by atoms with Crippen LogP contribution in [0.25, 0.3) is 0 Å². The third-order valence-corrected chi connectivity index (χ3v) is 7.02. The number of fused-ring (bicyclic) bond motifs is 2. The first-order valence-corrected chi connectivity index (χ1v) is 14.4. The Morgan fingerprint density at radius 3 is 2.58 bits per heavy atom. The van der Waals surface area contributed by atoms with E-state index in [2.05, 4.69) is 20.9 Å². The van der Waals surface area contributed by atoms with E-state index >= 15 is 0 Å². The van der Waals surface area contributed by atoms with E-state index in [0.29, 0.717) is 22.8 Å². The second-order valence-corrected chi connectivity index (χ2v) is 10.8. The van der Waals surface area contributed by atoms with Gasteiger partial charge in [0, 0.05) is 17.6 Å². The van der Waals surface area contributed by atoms with Crippen LogP contribution in [0.3, 0.4) is 0 Å². The molecule has 2 atom stereocenters. The first-order chi connectivity index (χ1) is 18.0. The monoisotopic (exact) mass is 562 g/mol. The van der Waals surface area contributed by atoms with Gasteiger partial charge in [-0.25, -0.2) is 9.78 Å². The van der Waals surface area contributed by atoms with E-state index in [1.807, 2.05) is 0 Å². The fourth-order valence-corrected chi connectivity index (χ4v) is 4.48. The van der Waals surface area contributed by atoms with E-state index in [0.717, 1.165) is 0 Å². The quantitative estimate of drug-likeness (QED) is 0.157. The highest BCUT2D eigenvalue weighted by molar-refractivity contribution is 8.13. The Kier molecular flexibility index (Phi) is 12.5. The summed E-state index contributed by atoms with van der Waals surface area (Å²) in [6.07, 6.45) is 6.11. The highest BCUT2D eigenvalue weighted by atomic mass is 32.2. The Morgan fingerprint density at radius 1 is 1.21 bits per heavy atom. The van der Waals surface area contributed by atoms with Crippen molar-refractivity contribution in [3.8, 4) is 0 Å². The normalized spacial score (nSPS) is 20.7. The maximum absolute atomic E-state index is 13.1. The maximum Gasteiger partial charge on any atom is 0.329 e. The number of aromatic nitrogens is 1. The van der Waals surface area contributed by atoms with Crippen LogP contribution >= 0.6 is 23.5 Å². The number of cyclic esters (lactones) is 1. The van der Waals surface area contributed by atoms with Crippen molar-refractivity contribution >= 4 is 52.3 Å². The molecule has 1 aromatic heterocycles. The first kappa shape index (κ1) is 31.1. The van der Waals surface area contributed by atoms with Crippen LogP contribution in [0.2, 0.25) is 0 Å². The van der Waals surface area contributed by atoms with Crippen molar-refractivity contribution in [3.63, 3.8) is 0 Å². The van der Waals surface area contributed by atoms with Gasteiger partial charge in [0.25, 0.3) is 11.8 Å². The molecule has 0 radical (unpaired) electrons. The average molecular weight is 563 g/mol. The number of hydrogen-bond donors (Lipinski definition) is 3. The summed E-state index contributed by atoms with van der Waals surface area (Å²) in [5, 5.41) is 7.97. The summed E-state index contributed by atoms with van der Waals surface area (Å²) < 4.78 is 5.64. The predicted octanol–water partition coefficient (Wildman–Crippen LogP) is 2.74. The molecule has 0 aromatic carbocycles. The lowest BCUT2D eigenvalue weighted by Crippen LogP contribution is -2.48. The molecule has 2 rings (SSSR count). The fraction of sp³-hybridized carbons (Fsp3) is 0.462. The molecular weight excluding hydrogens is 528 g/mol. The van der Waals surface area contributed by atoms with Crippen molar-refractivity contribution in [1.29, 1.82) is 0 Å².